The Bertz CT molecular complexity index is 433. The summed E-state index contributed by atoms with van der Waals surface area (Å²) in [6.07, 6.45) is -0.681. The highest BCUT2D eigenvalue weighted by molar-refractivity contribution is 6.31. The number of halogens is 3. The number of aliphatic carboxylic acids is 1. The van der Waals surface area contributed by atoms with Crippen LogP contribution in [-0.2, 0) is 10.2 Å². The van der Waals surface area contributed by atoms with Crippen molar-refractivity contribution in [3.05, 3.63) is 34.9 Å². The van der Waals surface area contributed by atoms with Crippen LogP contribution in [0.1, 0.15) is 12.0 Å². The molecule has 0 radical (unpaired) electrons. The Morgan fingerprint density at radius 1 is 1.40 bits per heavy atom. The van der Waals surface area contributed by atoms with Gasteiger partial charge in [0.05, 0.1) is 0 Å². The molecule has 0 saturated heterocycles. The summed E-state index contributed by atoms with van der Waals surface area (Å²) in [5.74, 6) is -4.73. The summed E-state index contributed by atoms with van der Waals surface area (Å²) in [5.41, 5.74) is -2.13. The lowest BCUT2D eigenvalue weighted by Crippen LogP contribution is -2.27. The van der Waals surface area contributed by atoms with Gasteiger partial charge in [-0.1, -0.05) is 29.8 Å². The normalized spacial score (nSPS) is 27.4. The van der Waals surface area contributed by atoms with Crippen LogP contribution in [0.25, 0.3) is 0 Å². The summed E-state index contributed by atoms with van der Waals surface area (Å²) in [7, 11) is 0. The zero-order valence-electron chi connectivity index (χ0n) is 7.51. The zero-order chi connectivity index (χ0) is 11.3. The van der Waals surface area contributed by atoms with Crippen molar-refractivity contribution in [3.63, 3.8) is 0 Å². The number of carboxylic acids is 1. The molecule has 0 aliphatic heterocycles. The second-order valence-electron chi connectivity index (χ2n) is 3.57. The van der Waals surface area contributed by atoms with E-state index in [9.17, 15) is 13.6 Å². The number of hydrogen-bond acceptors (Lipinski definition) is 1. The SMILES string of the molecule is O=C(O)C1(c2ccccc2Cl)CC1(F)F. The van der Waals surface area contributed by atoms with Crippen LogP contribution >= 0.6 is 11.6 Å². The van der Waals surface area contributed by atoms with Gasteiger partial charge in [0.2, 0.25) is 0 Å². The van der Waals surface area contributed by atoms with Crippen LogP contribution in [0.3, 0.4) is 0 Å². The minimum Gasteiger partial charge on any atom is -0.480 e. The lowest BCUT2D eigenvalue weighted by Gasteiger charge is -2.12. The fraction of sp³-hybridized carbons (Fsp3) is 0.300. The number of rotatable bonds is 2. The van der Waals surface area contributed by atoms with Crippen molar-refractivity contribution >= 4 is 17.6 Å². The Morgan fingerprint density at radius 2 is 1.93 bits per heavy atom. The third-order valence-electron chi connectivity index (χ3n) is 2.69. The molecule has 0 aromatic heterocycles. The lowest BCUT2D eigenvalue weighted by atomic mass is 9.95. The third-order valence-corrected chi connectivity index (χ3v) is 3.01. The van der Waals surface area contributed by atoms with Crippen LogP contribution in [0.2, 0.25) is 5.02 Å². The second-order valence-corrected chi connectivity index (χ2v) is 3.98. The van der Waals surface area contributed by atoms with Gasteiger partial charge in [0.15, 0.2) is 5.41 Å². The van der Waals surface area contributed by atoms with Crippen LogP contribution in [0, 0.1) is 0 Å². The number of carbonyl (C=O) groups is 1. The van der Waals surface area contributed by atoms with Crippen LogP contribution < -0.4 is 0 Å². The fourth-order valence-corrected chi connectivity index (χ4v) is 2.03. The van der Waals surface area contributed by atoms with Gasteiger partial charge in [0.1, 0.15) is 0 Å². The highest BCUT2D eigenvalue weighted by Gasteiger charge is 2.77. The zero-order valence-corrected chi connectivity index (χ0v) is 8.26. The smallest absolute Gasteiger partial charge is 0.320 e. The topological polar surface area (TPSA) is 37.3 Å². The quantitative estimate of drug-likeness (QED) is 0.851. The maximum atomic E-state index is 13.1. The summed E-state index contributed by atoms with van der Waals surface area (Å²) in [6.45, 7) is 0. The average Bonchev–Trinajstić information content (AvgIpc) is 2.71. The first kappa shape index (κ1) is 10.4. The van der Waals surface area contributed by atoms with Crippen molar-refractivity contribution in [1.82, 2.24) is 0 Å². The van der Waals surface area contributed by atoms with Crippen molar-refractivity contribution in [1.29, 1.82) is 0 Å². The molecule has 2 nitrogen and oxygen atoms in total. The number of benzene rings is 1. The van der Waals surface area contributed by atoms with Gasteiger partial charge in [-0.3, -0.25) is 4.79 Å². The molecule has 1 aliphatic carbocycles. The summed E-state index contributed by atoms with van der Waals surface area (Å²) in [5, 5.41) is 8.95. The van der Waals surface area contributed by atoms with E-state index >= 15 is 0 Å². The van der Waals surface area contributed by atoms with E-state index in [1.807, 2.05) is 0 Å². The molecule has 80 valence electrons. The van der Waals surface area contributed by atoms with E-state index in [1.54, 1.807) is 6.07 Å². The standard InChI is InChI=1S/C10H7ClF2O2/c11-7-4-2-1-3-6(7)9(8(14)15)5-10(9,12)13/h1-4H,5H2,(H,14,15). The van der Waals surface area contributed by atoms with Crippen molar-refractivity contribution in [2.24, 2.45) is 0 Å². The first-order chi connectivity index (χ1) is 6.92. The molecule has 0 bridgehead atoms. The van der Waals surface area contributed by atoms with Gasteiger partial charge in [-0.05, 0) is 11.6 Å². The summed E-state index contributed by atoms with van der Waals surface area (Å²) in [4.78, 5) is 10.9. The van der Waals surface area contributed by atoms with Crippen molar-refractivity contribution in [3.8, 4) is 0 Å². The first-order valence-electron chi connectivity index (χ1n) is 4.28. The predicted molar refractivity (Wildman–Crippen MR) is 50.3 cm³/mol. The monoisotopic (exact) mass is 232 g/mol. The molecule has 1 fully saturated rings. The largest absolute Gasteiger partial charge is 0.480 e. The summed E-state index contributed by atoms with van der Waals surface area (Å²) in [6, 6.07) is 5.82. The molecule has 15 heavy (non-hydrogen) atoms. The van der Waals surface area contributed by atoms with Crippen LogP contribution in [0.15, 0.2) is 24.3 Å². The Balaban J connectivity index is 2.55. The highest BCUT2D eigenvalue weighted by Crippen LogP contribution is 2.62. The fourth-order valence-electron chi connectivity index (χ4n) is 1.74. The molecule has 2 rings (SSSR count). The molecular formula is C10H7ClF2O2. The highest BCUT2D eigenvalue weighted by atomic mass is 35.5. The van der Waals surface area contributed by atoms with E-state index in [0.717, 1.165) is 0 Å². The average molecular weight is 233 g/mol. The third kappa shape index (κ3) is 1.24. The van der Waals surface area contributed by atoms with E-state index in [1.165, 1.54) is 18.2 Å². The van der Waals surface area contributed by atoms with E-state index in [2.05, 4.69) is 0 Å². The molecule has 1 aromatic carbocycles. The maximum absolute atomic E-state index is 13.1. The number of carboxylic acid groups (broad SMARTS) is 1. The Morgan fingerprint density at radius 3 is 2.33 bits per heavy atom. The molecule has 1 atom stereocenters. The Hall–Kier alpha value is -1.16. The molecule has 1 N–H and O–H groups in total. The molecule has 1 aliphatic rings. The molecule has 1 aromatic rings. The van der Waals surface area contributed by atoms with Gasteiger partial charge in [-0.25, -0.2) is 8.78 Å². The lowest BCUT2D eigenvalue weighted by molar-refractivity contribution is -0.142. The minimum absolute atomic E-state index is 0.0100. The molecule has 1 saturated carbocycles. The molecule has 5 heteroatoms. The van der Waals surface area contributed by atoms with Crippen LogP contribution in [0.4, 0.5) is 8.78 Å². The molecule has 0 heterocycles. The van der Waals surface area contributed by atoms with Gasteiger partial charge in [-0.2, -0.15) is 0 Å². The Kier molecular flexibility index (Phi) is 2.01. The van der Waals surface area contributed by atoms with Gasteiger partial charge in [0, 0.05) is 11.4 Å². The minimum atomic E-state index is -3.20. The van der Waals surface area contributed by atoms with E-state index in [-0.39, 0.29) is 10.6 Å². The van der Waals surface area contributed by atoms with Crippen molar-refractivity contribution in [2.75, 3.05) is 0 Å². The number of hydrogen-bond donors (Lipinski definition) is 1. The summed E-state index contributed by atoms with van der Waals surface area (Å²) < 4.78 is 26.3. The van der Waals surface area contributed by atoms with Crippen molar-refractivity contribution in [2.45, 2.75) is 17.8 Å². The van der Waals surface area contributed by atoms with Crippen LogP contribution in [0.5, 0.6) is 0 Å². The molecular weight excluding hydrogens is 226 g/mol. The van der Waals surface area contributed by atoms with E-state index in [4.69, 9.17) is 16.7 Å². The van der Waals surface area contributed by atoms with Crippen LogP contribution in [-0.4, -0.2) is 17.0 Å². The van der Waals surface area contributed by atoms with E-state index in [0.29, 0.717) is 0 Å². The number of alkyl halides is 2. The molecule has 0 amide bonds. The summed E-state index contributed by atoms with van der Waals surface area (Å²) >= 11 is 5.72. The second kappa shape index (κ2) is 2.92. The Labute approximate surface area is 89.5 Å². The predicted octanol–water partition coefficient (Wildman–Crippen LogP) is 2.70. The van der Waals surface area contributed by atoms with Crippen molar-refractivity contribution < 1.29 is 18.7 Å². The van der Waals surface area contributed by atoms with Gasteiger partial charge < -0.3 is 5.11 Å². The van der Waals surface area contributed by atoms with E-state index < -0.39 is 23.7 Å². The molecule has 0 spiro atoms. The van der Waals surface area contributed by atoms with Gasteiger partial charge >= 0.3 is 5.97 Å². The first-order valence-corrected chi connectivity index (χ1v) is 4.66. The van der Waals surface area contributed by atoms with Gasteiger partial charge in [0.25, 0.3) is 5.92 Å². The maximum Gasteiger partial charge on any atom is 0.320 e. The van der Waals surface area contributed by atoms with Gasteiger partial charge in [-0.15, -0.1) is 0 Å². The molecule has 1 unspecified atom stereocenters.